The Balaban J connectivity index is 2.45. The molecule has 3 nitrogen and oxygen atoms in total. The largest absolute Gasteiger partial charge is 0.468 e. The van der Waals surface area contributed by atoms with Crippen molar-refractivity contribution in [1.82, 2.24) is 0 Å². The lowest BCUT2D eigenvalue weighted by Crippen LogP contribution is -2.16. The molecule has 0 fully saturated rings. The van der Waals surface area contributed by atoms with Gasteiger partial charge in [0.25, 0.3) is 0 Å². The van der Waals surface area contributed by atoms with Crippen LogP contribution >= 0.6 is 0 Å². The van der Waals surface area contributed by atoms with Crippen molar-refractivity contribution in [3.63, 3.8) is 0 Å². The number of rotatable bonds is 6. The van der Waals surface area contributed by atoms with Gasteiger partial charge >= 0.3 is 5.97 Å². The van der Waals surface area contributed by atoms with E-state index in [0.29, 0.717) is 24.7 Å². The third kappa shape index (κ3) is 3.72. The van der Waals surface area contributed by atoms with Gasteiger partial charge in [-0.25, -0.2) is 0 Å². The normalized spacial score (nSPS) is 12.8. The van der Waals surface area contributed by atoms with Gasteiger partial charge in [-0.1, -0.05) is 20.8 Å². The minimum absolute atomic E-state index is 0.182. The summed E-state index contributed by atoms with van der Waals surface area (Å²) < 4.78 is 10.5. The van der Waals surface area contributed by atoms with Gasteiger partial charge < -0.3 is 9.15 Å². The van der Waals surface area contributed by atoms with Crippen molar-refractivity contribution in [2.24, 2.45) is 5.92 Å². The number of esters is 1. The van der Waals surface area contributed by atoms with E-state index in [4.69, 9.17) is 9.15 Å². The molecule has 1 unspecified atom stereocenters. The molecule has 0 saturated carbocycles. The molecular weight excluding hydrogens is 204 g/mol. The van der Waals surface area contributed by atoms with E-state index in [-0.39, 0.29) is 11.9 Å². The molecule has 1 atom stereocenters. The van der Waals surface area contributed by atoms with Gasteiger partial charge in [-0.2, -0.15) is 0 Å². The molecule has 1 rings (SSSR count). The molecule has 0 N–H and O–H groups in total. The number of ether oxygens (including phenoxy) is 1. The van der Waals surface area contributed by atoms with E-state index in [1.807, 2.05) is 13.0 Å². The molecule has 0 radical (unpaired) electrons. The monoisotopic (exact) mass is 224 g/mol. The fraction of sp³-hybridized carbons (Fsp3) is 0.615. The lowest BCUT2D eigenvalue weighted by molar-refractivity contribution is -0.146. The van der Waals surface area contributed by atoms with E-state index in [1.54, 1.807) is 12.3 Å². The topological polar surface area (TPSA) is 39.4 Å². The highest BCUT2D eigenvalue weighted by molar-refractivity contribution is 5.77. The molecule has 0 aliphatic carbocycles. The second-order valence-corrected chi connectivity index (χ2v) is 4.33. The van der Waals surface area contributed by atoms with Crippen molar-refractivity contribution < 1.29 is 13.9 Å². The summed E-state index contributed by atoms with van der Waals surface area (Å²) in [6.45, 7) is 6.67. The van der Waals surface area contributed by atoms with E-state index in [2.05, 4.69) is 13.8 Å². The second-order valence-electron chi connectivity index (χ2n) is 4.33. The Bertz CT molecular complexity index is 301. The minimum Gasteiger partial charge on any atom is -0.468 e. The van der Waals surface area contributed by atoms with Crippen LogP contribution in [0.1, 0.15) is 45.3 Å². The number of carbonyl (C=O) groups excluding carboxylic acids is 1. The van der Waals surface area contributed by atoms with Crippen molar-refractivity contribution in [2.45, 2.75) is 39.5 Å². The quantitative estimate of drug-likeness (QED) is 0.695. The standard InChI is InChI=1S/C13H20O3/c1-4-11(12-6-5-8-15-12)13(14)16-9-7-10(2)3/h5-6,8,10-11H,4,7,9H2,1-3H3. The summed E-state index contributed by atoms with van der Waals surface area (Å²) in [5.74, 6) is 0.800. The molecule has 1 heterocycles. The maximum Gasteiger partial charge on any atom is 0.316 e. The molecule has 1 aromatic heterocycles. The highest BCUT2D eigenvalue weighted by Crippen LogP contribution is 2.21. The van der Waals surface area contributed by atoms with Crippen molar-refractivity contribution in [1.29, 1.82) is 0 Å². The van der Waals surface area contributed by atoms with Gasteiger partial charge in [0.1, 0.15) is 11.7 Å². The molecule has 0 aromatic carbocycles. The molecule has 0 saturated heterocycles. The van der Waals surface area contributed by atoms with Gasteiger partial charge in [-0.15, -0.1) is 0 Å². The summed E-state index contributed by atoms with van der Waals surface area (Å²) in [5, 5.41) is 0. The highest BCUT2D eigenvalue weighted by Gasteiger charge is 2.22. The van der Waals surface area contributed by atoms with Crippen LogP contribution in [0.4, 0.5) is 0 Å². The van der Waals surface area contributed by atoms with Crippen LogP contribution in [0.3, 0.4) is 0 Å². The smallest absolute Gasteiger partial charge is 0.316 e. The molecule has 0 aliphatic rings. The minimum atomic E-state index is -0.262. The summed E-state index contributed by atoms with van der Waals surface area (Å²) in [6.07, 6.45) is 3.19. The molecular formula is C13H20O3. The van der Waals surface area contributed by atoms with Crippen molar-refractivity contribution in [2.75, 3.05) is 6.61 Å². The Morgan fingerprint density at radius 3 is 2.75 bits per heavy atom. The van der Waals surface area contributed by atoms with Crippen LogP contribution < -0.4 is 0 Å². The first-order valence-electron chi connectivity index (χ1n) is 5.85. The third-order valence-corrected chi connectivity index (χ3v) is 2.52. The predicted molar refractivity (Wildman–Crippen MR) is 62.2 cm³/mol. The Morgan fingerprint density at radius 1 is 1.50 bits per heavy atom. The third-order valence-electron chi connectivity index (χ3n) is 2.52. The fourth-order valence-corrected chi connectivity index (χ4v) is 1.47. The van der Waals surface area contributed by atoms with Crippen LogP contribution in [0, 0.1) is 5.92 Å². The molecule has 0 bridgehead atoms. The first-order valence-corrected chi connectivity index (χ1v) is 5.85. The fourth-order valence-electron chi connectivity index (χ4n) is 1.47. The molecule has 0 aliphatic heterocycles. The average Bonchev–Trinajstić information content (AvgIpc) is 2.71. The first kappa shape index (κ1) is 12.8. The van der Waals surface area contributed by atoms with Gasteiger partial charge in [0.05, 0.1) is 12.9 Å². The summed E-state index contributed by atoms with van der Waals surface area (Å²) in [7, 11) is 0. The summed E-state index contributed by atoms with van der Waals surface area (Å²) in [5.41, 5.74) is 0. The van der Waals surface area contributed by atoms with Gasteiger partial charge in [0.2, 0.25) is 0 Å². The van der Waals surface area contributed by atoms with Crippen LogP contribution in [0.2, 0.25) is 0 Å². The van der Waals surface area contributed by atoms with Gasteiger partial charge in [0, 0.05) is 0 Å². The molecule has 0 spiro atoms. The summed E-state index contributed by atoms with van der Waals surface area (Å²) >= 11 is 0. The zero-order valence-corrected chi connectivity index (χ0v) is 10.2. The molecule has 0 amide bonds. The summed E-state index contributed by atoms with van der Waals surface area (Å²) in [6, 6.07) is 3.61. The van der Waals surface area contributed by atoms with Crippen LogP contribution in [0.5, 0.6) is 0 Å². The molecule has 16 heavy (non-hydrogen) atoms. The van der Waals surface area contributed by atoms with Crippen molar-refractivity contribution in [3.8, 4) is 0 Å². The van der Waals surface area contributed by atoms with Crippen molar-refractivity contribution >= 4 is 5.97 Å². The zero-order valence-electron chi connectivity index (χ0n) is 10.2. The predicted octanol–water partition coefficient (Wildman–Crippen LogP) is 3.36. The van der Waals surface area contributed by atoms with Crippen LogP contribution in [-0.4, -0.2) is 12.6 Å². The maximum atomic E-state index is 11.8. The molecule has 90 valence electrons. The van der Waals surface area contributed by atoms with Gasteiger partial charge in [-0.05, 0) is 30.9 Å². The van der Waals surface area contributed by atoms with E-state index >= 15 is 0 Å². The van der Waals surface area contributed by atoms with Crippen LogP contribution in [-0.2, 0) is 9.53 Å². The van der Waals surface area contributed by atoms with Crippen LogP contribution in [0.25, 0.3) is 0 Å². The zero-order chi connectivity index (χ0) is 12.0. The number of hydrogen-bond acceptors (Lipinski definition) is 3. The number of furan rings is 1. The number of carbonyl (C=O) groups is 1. The van der Waals surface area contributed by atoms with Gasteiger partial charge in [0.15, 0.2) is 0 Å². The Labute approximate surface area is 96.8 Å². The Hall–Kier alpha value is -1.25. The summed E-state index contributed by atoms with van der Waals surface area (Å²) in [4.78, 5) is 11.8. The van der Waals surface area contributed by atoms with Crippen LogP contribution in [0.15, 0.2) is 22.8 Å². The Kier molecular flexibility index (Phi) is 5.09. The molecule has 1 aromatic rings. The lowest BCUT2D eigenvalue weighted by Gasteiger charge is -2.12. The van der Waals surface area contributed by atoms with Crippen molar-refractivity contribution in [3.05, 3.63) is 24.2 Å². The van der Waals surface area contributed by atoms with E-state index < -0.39 is 0 Å². The number of hydrogen-bond donors (Lipinski definition) is 0. The van der Waals surface area contributed by atoms with E-state index in [1.165, 1.54) is 0 Å². The van der Waals surface area contributed by atoms with E-state index in [0.717, 1.165) is 6.42 Å². The van der Waals surface area contributed by atoms with E-state index in [9.17, 15) is 4.79 Å². The molecule has 3 heteroatoms. The average molecular weight is 224 g/mol. The highest BCUT2D eigenvalue weighted by atomic mass is 16.5. The maximum absolute atomic E-state index is 11.8. The van der Waals surface area contributed by atoms with Gasteiger partial charge in [-0.3, -0.25) is 4.79 Å². The second kappa shape index (κ2) is 6.36. The Morgan fingerprint density at radius 2 is 2.25 bits per heavy atom. The lowest BCUT2D eigenvalue weighted by atomic mass is 10.0. The first-order chi connectivity index (χ1) is 7.65. The SMILES string of the molecule is CCC(C(=O)OCCC(C)C)c1ccco1.